The number of halogens is 3. The molecule has 0 aliphatic heterocycles. The van der Waals surface area contributed by atoms with Crippen molar-refractivity contribution in [2.45, 2.75) is 56.3 Å². The molecule has 2 amide bonds. The zero-order chi connectivity index (χ0) is 15.0. The summed E-state index contributed by atoms with van der Waals surface area (Å²) in [6.45, 7) is -1.33. The van der Waals surface area contributed by atoms with Crippen molar-refractivity contribution in [1.29, 1.82) is 0 Å². The standard InChI is InChI=1S/C12H17F3N2O3/c13-12(14,15)7-17(8-3-4-8)10(20)16-11(9(18)19)5-1-2-6-11/h8H,1-7H2,(H,16,20)(H,18,19). The molecule has 0 aromatic rings. The van der Waals surface area contributed by atoms with Crippen LogP contribution in [0.2, 0.25) is 0 Å². The van der Waals surface area contributed by atoms with E-state index in [0.29, 0.717) is 30.6 Å². The molecule has 0 unspecified atom stereocenters. The highest BCUT2D eigenvalue weighted by Gasteiger charge is 2.46. The number of carbonyl (C=O) groups excluding carboxylic acids is 1. The molecular formula is C12H17F3N2O3. The molecule has 20 heavy (non-hydrogen) atoms. The Morgan fingerprint density at radius 3 is 2.20 bits per heavy atom. The zero-order valence-electron chi connectivity index (χ0n) is 10.9. The molecule has 2 fully saturated rings. The third-order valence-electron chi connectivity index (χ3n) is 3.81. The Kier molecular flexibility index (Phi) is 3.84. The van der Waals surface area contributed by atoms with E-state index in [9.17, 15) is 27.9 Å². The summed E-state index contributed by atoms with van der Waals surface area (Å²) in [5, 5.41) is 11.5. The van der Waals surface area contributed by atoms with Gasteiger partial charge in [0, 0.05) is 6.04 Å². The van der Waals surface area contributed by atoms with Crippen molar-refractivity contribution in [3.63, 3.8) is 0 Å². The molecule has 0 saturated heterocycles. The van der Waals surface area contributed by atoms with Crippen LogP contribution in [0.4, 0.5) is 18.0 Å². The summed E-state index contributed by atoms with van der Waals surface area (Å²) in [6.07, 6.45) is -1.60. The minimum atomic E-state index is -4.48. The lowest BCUT2D eigenvalue weighted by Crippen LogP contribution is -2.57. The van der Waals surface area contributed by atoms with Gasteiger partial charge in [-0.25, -0.2) is 9.59 Å². The molecule has 2 N–H and O–H groups in total. The first-order chi connectivity index (χ1) is 9.23. The zero-order valence-corrected chi connectivity index (χ0v) is 10.9. The summed E-state index contributed by atoms with van der Waals surface area (Å²) >= 11 is 0. The van der Waals surface area contributed by atoms with E-state index in [4.69, 9.17) is 0 Å². The molecule has 2 aliphatic carbocycles. The van der Waals surface area contributed by atoms with Crippen LogP contribution in [0.5, 0.6) is 0 Å². The van der Waals surface area contributed by atoms with E-state index in [-0.39, 0.29) is 12.8 Å². The van der Waals surface area contributed by atoms with Crippen LogP contribution in [-0.4, -0.2) is 46.3 Å². The Labute approximate surface area is 114 Å². The third-order valence-corrected chi connectivity index (χ3v) is 3.81. The van der Waals surface area contributed by atoms with Crippen molar-refractivity contribution in [3.8, 4) is 0 Å². The molecule has 2 aliphatic rings. The first kappa shape index (κ1) is 14.9. The van der Waals surface area contributed by atoms with E-state index < -0.39 is 36.3 Å². The van der Waals surface area contributed by atoms with Gasteiger partial charge in [0.05, 0.1) is 0 Å². The van der Waals surface area contributed by atoms with Crippen LogP contribution in [0.15, 0.2) is 0 Å². The second kappa shape index (κ2) is 5.14. The normalized spacial score (nSPS) is 21.6. The predicted octanol–water partition coefficient (Wildman–Crippen LogP) is 2.12. The smallest absolute Gasteiger partial charge is 0.406 e. The summed E-state index contributed by atoms with van der Waals surface area (Å²) in [5.74, 6) is -1.17. The molecule has 0 heterocycles. The van der Waals surface area contributed by atoms with Crippen molar-refractivity contribution >= 4 is 12.0 Å². The topological polar surface area (TPSA) is 69.6 Å². The van der Waals surface area contributed by atoms with Gasteiger partial charge in [-0.2, -0.15) is 13.2 Å². The fraction of sp³-hybridized carbons (Fsp3) is 0.833. The second-order valence-electron chi connectivity index (χ2n) is 5.50. The highest BCUT2D eigenvalue weighted by molar-refractivity contribution is 5.86. The average Bonchev–Trinajstić information content (AvgIpc) is 3.05. The number of carboxylic acids is 1. The van der Waals surface area contributed by atoms with Gasteiger partial charge in [-0.3, -0.25) is 0 Å². The Hall–Kier alpha value is -1.47. The number of hydrogen-bond acceptors (Lipinski definition) is 2. The Morgan fingerprint density at radius 2 is 1.80 bits per heavy atom. The fourth-order valence-electron chi connectivity index (χ4n) is 2.59. The Bertz CT molecular complexity index is 401. The summed E-state index contributed by atoms with van der Waals surface area (Å²) in [7, 11) is 0. The third kappa shape index (κ3) is 3.34. The molecular weight excluding hydrogens is 277 g/mol. The SMILES string of the molecule is O=C(NC1(C(=O)O)CCCC1)N(CC(F)(F)F)C1CC1. The van der Waals surface area contributed by atoms with Gasteiger partial charge in [0.2, 0.25) is 0 Å². The van der Waals surface area contributed by atoms with E-state index in [0.717, 1.165) is 0 Å². The van der Waals surface area contributed by atoms with Crippen molar-refractivity contribution in [2.24, 2.45) is 0 Å². The van der Waals surface area contributed by atoms with E-state index >= 15 is 0 Å². The maximum absolute atomic E-state index is 12.5. The van der Waals surface area contributed by atoms with Crippen LogP contribution >= 0.6 is 0 Å². The predicted molar refractivity (Wildman–Crippen MR) is 63.1 cm³/mol. The first-order valence-corrected chi connectivity index (χ1v) is 6.62. The highest BCUT2D eigenvalue weighted by atomic mass is 19.4. The van der Waals surface area contributed by atoms with Gasteiger partial charge in [0.25, 0.3) is 0 Å². The highest BCUT2D eigenvalue weighted by Crippen LogP contribution is 2.33. The number of rotatable bonds is 4. The van der Waals surface area contributed by atoms with E-state index in [2.05, 4.69) is 5.32 Å². The van der Waals surface area contributed by atoms with Crippen molar-refractivity contribution < 1.29 is 27.9 Å². The fourth-order valence-corrected chi connectivity index (χ4v) is 2.59. The second-order valence-corrected chi connectivity index (χ2v) is 5.50. The molecule has 2 rings (SSSR count). The summed E-state index contributed by atoms with van der Waals surface area (Å²) in [4.78, 5) is 24.0. The van der Waals surface area contributed by atoms with Crippen LogP contribution in [0, 0.1) is 0 Å². The Morgan fingerprint density at radius 1 is 1.25 bits per heavy atom. The van der Waals surface area contributed by atoms with Gasteiger partial charge in [-0.1, -0.05) is 12.8 Å². The molecule has 0 spiro atoms. The monoisotopic (exact) mass is 294 g/mol. The van der Waals surface area contributed by atoms with Gasteiger partial charge in [0.15, 0.2) is 0 Å². The Balaban J connectivity index is 2.06. The average molecular weight is 294 g/mol. The minimum Gasteiger partial charge on any atom is -0.480 e. The quantitative estimate of drug-likeness (QED) is 0.834. The molecule has 8 heteroatoms. The molecule has 0 aromatic heterocycles. The van der Waals surface area contributed by atoms with Gasteiger partial charge in [-0.05, 0) is 25.7 Å². The molecule has 0 bridgehead atoms. The number of hydrogen-bond donors (Lipinski definition) is 2. The summed E-state index contributed by atoms with van der Waals surface area (Å²) < 4.78 is 37.5. The van der Waals surface area contributed by atoms with Crippen molar-refractivity contribution in [2.75, 3.05) is 6.54 Å². The first-order valence-electron chi connectivity index (χ1n) is 6.62. The van der Waals surface area contributed by atoms with Gasteiger partial charge in [-0.15, -0.1) is 0 Å². The van der Waals surface area contributed by atoms with E-state index in [1.165, 1.54) is 0 Å². The number of urea groups is 1. The molecule has 0 atom stereocenters. The van der Waals surface area contributed by atoms with Crippen LogP contribution in [-0.2, 0) is 4.79 Å². The van der Waals surface area contributed by atoms with E-state index in [1.807, 2.05) is 0 Å². The van der Waals surface area contributed by atoms with Crippen LogP contribution in [0.1, 0.15) is 38.5 Å². The van der Waals surface area contributed by atoms with Crippen LogP contribution in [0.25, 0.3) is 0 Å². The van der Waals surface area contributed by atoms with Crippen molar-refractivity contribution in [3.05, 3.63) is 0 Å². The molecule has 5 nitrogen and oxygen atoms in total. The number of amides is 2. The maximum atomic E-state index is 12.5. The molecule has 0 radical (unpaired) electrons. The number of nitrogens with one attached hydrogen (secondary N) is 1. The van der Waals surface area contributed by atoms with E-state index in [1.54, 1.807) is 0 Å². The van der Waals surface area contributed by atoms with Gasteiger partial charge >= 0.3 is 18.2 Å². The van der Waals surface area contributed by atoms with Crippen LogP contribution < -0.4 is 5.32 Å². The minimum absolute atomic E-state index is 0.262. The molecule has 114 valence electrons. The van der Waals surface area contributed by atoms with Crippen LogP contribution in [0.3, 0.4) is 0 Å². The van der Waals surface area contributed by atoms with Gasteiger partial charge < -0.3 is 15.3 Å². The molecule has 0 aromatic carbocycles. The summed E-state index contributed by atoms with van der Waals surface area (Å²) in [5.41, 5.74) is -1.41. The summed E-state index contributed by atoms with van der Waals surface area (Å²) in [6, 6.07) is -1.35. The van der Waals surface area contributed by atoms with Crippen molar-refractivity contribution in [1.82, 2.24) is 10.2 Å². The number of carboxylic acid groups (broad SMARTS) is 1. The maximum Gasteiger partial charge on any atom is 0.406 e. The number of aliphatic carboxylic acids is 1. The lowest BCUT2D eigenvalue weighted by Gasteiger charge is -2.31. The number of alkyl halides is 3. The molecule has 2 saturated carbocycles. The van der Waals surface area contributed by atoms with Gasteiger partial charge in [0.1, 0.15) is 12.1 Å². The number of nitrogens with zero attached hydrogens (tertiary/aromatic N) is 1. The lowest BCUT2D eigenvalue weighted by atomic mass is 9.98. The lowest BCUT2D eigenvalue weighted by molar-refractivity contribution is -0.145. The number of carbonyl (C=O) groups is 2. The largest absolute Gasteiger partial charge is 0.480 e.